The fourth-order valence-corrected chi connectivity index (χ4v) is 3.73. The molecule has 0 bridgehead atoms. The maximum absolute atomic E-state index is 11.8. The zero-order chi connectivity index (χ0) is 26.0. The van der Waals surface area contributed by atoms with Gasteiger partial charge in [-0.25, -0.2) is 0 Å². The van der Waals surface area contributed by atoms with Gasteiger partial charge in [0.15, 0.2) is 0 Å². The summed E-state index contributed by atoms with van der Waals surface area (Å²) in [7, 11) is 0. The molecule has 0 spiro atoms. The molecule has 0 unspecified atom stereocenters. The molecule has 0 aromatic rings. The molecule has 0 rings (SSSR count). The summed E-state index contributed by atoms with van der Waals surface area (Å²) in [5.41, 5.74) is 0. The van der Waals surface area contributed by atoms with Crippen molar-refractivity contribution >= 4 is 5.97 Å². The summed E-state index contributed by atoms with van der Waals surface area (Å²) in [6.45, 7) is 1.46. The van der Waals surface area contributed by atoms with Crippen molar-refractivity contribution < 1.29 is 39.4 Å². The van der Waals surface area contributed by atoms with Gasteiger partial charge in [0.1, 0.15) is 24.9 Å². The van der Waals surface area contributed by atoms with Crippen LogP contribution in [0.4, 0.5) is 0 Å². The Hall–Kier alpha value is -0.770. The van der Waals surface area contributed by atoms with E-state index in [1.165, 1.54) is 77.0 Å². The predicted octanol–water partition coefficient (Wildman–Crippen LogP) is 3.90. The molecule has 8 heteroatoms. The van der Waals surface area contributed by atoms with E-state index in [-0.39, 0.29) is 39.0 Å². The molecule has 0 amide bonds. The Morgan fingerprint density at radius 3 is 1.37 bits per heavy atom. The lowest BCUT2D eigenvalue weighted by Crippen LogP contribution is -2.29. The predicted molar refractivity (Wildman–Crippen MR) is 137 cm³/mol. The molecule has 4 N–H and O–H groups in total. The Morgan fingerprint density at radius 1 is 0.571 bits per heavy atom. The van der Waals surface area contributed by atoms with Crippen molar-refractivity contribution in [3.8, 4) is 0 Å². The highest BCUT2D eigenvalue weighted by Gasteiger charge is 2.12. The summed E-state index contributed by atoms with van der Waals surface area (Å²) >= 11 is 0. The Balaban J connectivity index is 3.39. The van der Waals surface area contributed by atoms with Gasteiger partial charge >= 0.3 is 5.97 Å². The zero-order valence-corrected chi connectivity index (χ0v) is 22.2. The topological polar surface area (TPSA) is 126 Å². The number of aliphatic hydroxyl groups is 4. The summed E-state index contributed by atoms with van der Waals surface area (Å²) < 4.78 is 15.3. The summed E-state index contributed by atoms with van der Waals surface area (Å²) in [6.07, 6.45) is 16.7. The van der Waals surface area contributed by atoms with Crippen molar-refractivity contribution in [1.82, 2.24) is 0 Å². The molecule has 0 fully saturated rings. The van der Waals surface area contributed by atoms with Crippen molar-refractivity contribution in [2.45, 2.75) is 128 Å². The molecule has 0 radical (unpaired) electrons. The molecule has 210 valence electrons. The van der Waals surface area contributed by atoms with E-state index in [0.29, 0.717) is 6.42 Å². The number of ether oxygens (including phenoxy) is 3. The molecule has 8 nitrogen and oxygen atoms in total. The van der Waals surface area contributed by atoms with Crippen LogP contribution >= 0.6 is 0 Å². The van der Waals surface area contributed by atoms with E-state index in [4.69, 9.17) is 24.4 Å². The SMILES string of the molecule is CCCCCCCCCCCCCCCCCC(=O)OC[C@H](O)COC[C@H](O)COC[C@@H](O)CO. The van der Waals surface area contributed by atoms with E-state index in [1.54, 1.807) is 0 Å². The number of esters is 1. The highest BCUT2D eigenvalue weighted by molar-refractivity contribution is 5.69. The molecule has 3 atom stereocenters. The lowest BCUT2D eigenvalue weighted by atomic mass is 10.0. The second kappa shape index (κ2) is 26.3. The average Bonchev–Trinajstić information content (AvgIpc) is 2.85. The number of unbranched alkanes of at least 4 members (excludes halogenated alkanes) is 14. The van der Waals surface area contributed by atoms with Gasteiger partial charge in [-0.05, 0) is 6.42 Å². The van der Waals surface area contributed by atoms with Gasteiger partial charge < -0.3 is 34.6 Å². The van der Waals surface area contributed by atoms with Crippen molar-refractivity contribution in [3.05, 3.63) is 0 Å². The van der Waals surface area contributed by atoms with Crippen LogP contribution in [-0.4, -0.2) is 84.3 Å². The second-order valence-electron chi connectivity index (χ2n) is 9.60. The molecule has 0 aliphatic rings. The second-order valence-corrected chi connectivity index (χ2v) is 9.60. The maximum atomic E-state index is 11.8. The third-order valence-corrected chi connectivity index (χ3v) is 5.87. The van der Waals surface area contributed by atoms with Crippen LogP contribution in [-0.2, 0) is 19.0 Å². The molecule has 35 heavy (non-hydrogen) atoms. The number of rotatable bonds is 27. The van der Waals surface area contributed by atoms with E-state index in [2.05, 4.69) is 6.92 Å². The van der Waals surface area contributed by atoms with Crippen LogP contribution in [0.5, 0.6) is 0 Å². The van der Waals surface area contributed by atoms with Gasteiger partial charge in [-0.15, -0.1) is 0 Å². The van der Waals surface area contributed by atoms with Crippen LogP contribution < -0.4 is 0 Å². The third-order valence-electron chi connectivity index (χ3n) is 5.87. The fraction of sp³-hybridized carbons (Fsp3) is 0.963. The smallest absolute Gasteiger partial charge is 0.305 e. The summed E-state index contributed by atoms with van der Waals surface area (Å²) in [5, 5.41) is 37.3. The van der Waals surface area contributed by atoms with E-state index in [9.17, 15) is 15.0 Å². The van der Waals surface area contributed by atoms with Gasteiger partial charge in [0, 0.05) is 6.42 Å². The minimum atomic E-state index is -0.978. The molecular formula is C27H54O8. The van der Waals surface area contributed by atoms with Crippen LogP contribution in [0.2, 0.25) is 0 Å². The van der Waals surface area contributed by atoms with Crippen LogP contribution in [0.1, 0.15) is 110 Å². The first kappa shape index (κ1) is 34.2. The van der Waals surface area contributed by atoms with Gasteiger partial charge in [-0.2, -0.15) is 0 Å². The van der Waals surface area contributed by atoms with Crippen molar-refractivity contribution in [2.75, 3.05) is 39.6 Å². The van der Waals surface area contributed by atoms with E-state index in [0.717, 1.165) is 19.3 Å². The molecule has 0 saturated heterocycles. The monoisotopic (exact) mass is 506 g/mol. The van der Waals surface area contributed by atoms with E-state index < -0.39 is 24.9 Å². The number of hydrogen-bond donors (Lipinski definition) is 4. The van der Waals surface area contributed by atoms with E-state index >= 15 is 0 Å². The number of carbonyl (C=O) groups is 1. The highest BCUT2D eigenvalue weighted by Crippen LogP contribution is 2.13. The first-order chi connectivity index (χ1) is 17.0. The zero-order valence-electron chi connectivity index (χ0n) is 22.2. The van der Waals surface area contributed by atoms with Crippen LogP contribution in [0.15, 0.2) is 0 Å². The summed E-state index contributed by atoms with van der Waals surface area (Å²) in [4.78, 5) is 11.8. The molecular weight excluding hydrogens is 452 g/mol. The Labute approximate surface area is 213 Å². The van der Waals surface area contributed by atoms with Crippen molar-refractivity contribution in [2.24, 2.45) is 0 Å². The van der Waals surface area contributed by atoms with Crippen LogP contribution in [0, 0.1) is 0 Å². The maximum Gasteiger partial charge on any atom is 0.305 e. The van der Waals surface area contributed by atoms with Crippen LogP contribution in [0.3, 0.4) is 0 Å². The van der Waals surface area contributed by atoms with Gasteiger partial charge in [0.25, 0.3) is 0 Å². The van der Waals surface area contributed by atoms with Crippen LogP contribution in [0.25, 0.3) is 0 Å². The van der Waals surface area contributed by atoms with Gasteiger partial charge in [-0.3, -0.25) is 4.79 Å². The molecule has 0 aliphatic carbocycles. The fourth-order valence-electron chi connectivity index (χ4n) is 3.73. The van der Waals surface area contributed by atoms with E-state index in [1.807, 2.05) is 0 Å². The van der Waals surface area contributed by atoms with Gasteiger partial charge in [-0.1, -0.05) is 96.8 Å². The van der Waals surface area contributed by atoms with Crippen molar-refractivity contribution in [3.63, 3.8) is 0 Å². The standard InChI is InChI=1S/C27H54O8/c1-2-3-4-5-6-7-8-9-10-11-12-13-14-15-16-17-27(32)35-23-26(31)22-34-21-25(30)20-33-19-24(29)18-28/h24-26,28-31H,2-23H2,1H3/t24-,25+,26+/m0/s1. The molecule has 0 aromatic carbocycles. The Bertz CT molecular complexity index is 449. The minimum Gasteiger partial charge on any atom is -0.463 e. The highest BCUT2D eigenvalue weighted by atomic mass is 16.6. The molecule has 0 aromatic heterocycles. The average molecular weight is 507 g/mol. The summed E-state index contributed by atoms with van der Waals surface area (Å²) in [6, 6.07) is 0. The largest absolute Gasteiger partial charge is 0.463 e. The Morgan fingerprint density at radius 2 is 0.943 bits per heavy atom. The van der Waals surface area contributed by atoms with Gasteiger partial charge in [0.2, 0.25) is 0 Å². The Kier molecular flexibility index (Phi) is 25.7. The van der Waals surface area contributed by atoms with Crippen molar-refractivity contribution in [1.29, 1.82) is 0 Å². The molecule has 0 aliphatic heterocycles. The first-order valence-electron chi connectivity index (χ1n) is 14.0. The number of aliphatic hydroxyl groups excluding tert-OH is 4. The lowest BCUT2D eigenvalue weighted by molar-refractivity contribution is -0.148. The quantitative estimate of drug-likeness (QED) is 0.0976. The molecule has 0 saturated carbocycles. The first-order valence-corrected chi connectivity index (χ1v) is 14.0. The molecule has 0 heterocycles. The third kappa shape index (κ3) is 26.1. The summed E-state index contributed by atoms with van der Waals surface area (Å²) in [5.74, 6) is -0.311. The minimum absolute atomic E-state index is 0.0542. The van der Waals surface area contributed by atoms with Gasteiger partial charge in [0.05, 0.1) is 33.0 Å². The lowest BCUT2D eigenvalue weighted by Gasteiger charge is -2.15. The number of carbonyl (C=O) groups excluding carboxylic acids is 1. The number of hydrogen-bond acceptors (Lipinski definition) is 8. The normalized spacial score (nSPS) is 14.1.